The van der Waals surface area contributed by atoms with Gasteiger partial charge >= 0.3 is 0 Å². The summed E-state index contributed by atoms with van der Waals surface area (Å²) < 4.78 is 5.86. The largest absolute Gasteiger partial charge is 0.457 e. The zero-order valence-corrected chi connectivity index (χ0v) is 15.4. The molecule has 4 aromatic carbocycles. The van der Waals surface area contributed by atoms with E-state index in [0.717, 1.165) is 18.0 Å². The molecule has 0 radical (unpaired) electrons. The van der Waals surface area contributed by atoms with Crippen LogP contribution in [-0.2, 0) is 6.54 Å². The van der Waals surface area contributed by atoms with Crippen LogP contribution in [0.25, 0.3) is 10.8 Å². The summed E-state index contributed by atoms with van der Waals surface area (Å²) in [4.78, 5) is 0. The average Bonchev–Trinajstić information content (AvgIpc) is 2.73. The molecule has 0 saturated carbocycles. The van der Waals surface area contributed by atoms with E-state index in [4.69, 9.17) is 4.74 Å². The van der Waals surface area contributed by atoms with Crippen LogP contribution in [0.4, 0.5) is 0 Å². The molecule has 0 saturated heterocycles. The van der Waals surface area contributed by atoms with Crippen LogP contribution in [0.5, 0.6) is 11.5 Å². The lowest BCUT2D eigenvalue weighted by molar-refractivity contribution is 0.482. The second-order valence-electron chi connectivity index (χ2n) is 6.73. The van der Waals surface area contributed by atoms with Crippen molar-refractivity contribution in [3.05, 3.63) is 108 Å². The molecule has 27 heavy (non-hydrogen) atoms. The highest BCUT2D eigenvalue weighted by Crippen LogP contribution is 2.25. The van der Waals surface area contributed by atoms with Crippen molar-refractivity contribution < 1.29 is 4.74 Å². The maximum atomic E-state index is 5.86. The molecular formula is C25H23NO. The first-order valence-corrected chi connectivity index (χ1v) is 9.32. The second kappa shape index (κ2) is 8.07. The van der Waals surface area contributed by atoms with Gasteiger partial charge in [-0.3, -0.25) is 0 Å². The fourth-order valence-electron chi connectivity index (χ4n) is 3.31. The molecule has 4 aromatic rings. The van der Waals surface area contributed by atoms with Crippen LogP contribution in [0.2, 0.25) is 0 Å². The fourth-order valence-corrected chi connectivity index (χ4v) is 3.31. The Balaban J connectivity index is 1.41. The van der Waals surface area contributed by atoms with Gasteiger partial charge in [0.15, 0.2) is 0 Å². The Morgan fingerprint density at radius 2 is 1.37 bits per heavy atom. The van der Waals surface area contributed by atoms with E-state index in [9.17, 15) is 0 Å². The summed E-state index contributed by atoms with van der Waals surface area (Å²) in [5.41, 5.74) is 2.57. The monoisotopic (exact) mass is 353 g/mol. The van der Waals surface area contributed by atoms with Crippen molar-refractivity contribution in [3.63, 3.8) is 0 Å². The molecule has 0 amide bonds. The molecule has 1 atom stereocenters. The summed E-state index contributed by atoms with van der Waals surface area (Å²) >= 11 is 0. The van der Waals surface area contributed by atoms with Crippen molar-refractivity contribution in [1.29, 1.82) is 0 Å². The van der Waals surface area contributed by atoms with Crippen LogP contribution in [0.15, 0.2) is 97.1 Å². The zero-order chi connectivity index (χ0) is 18.5. The van der Waals surface area contributed by atoms with E-state index in [-0.39, 0.29) is 6.04 Å². The molecule has 0 spiro atoms. The number of fused-ring (bicyclic) bond motifs is 1. The van der Waals surface area contributed by atoms with E-state index in [2.05, 4.69) is 66.8 Å². The molecule has 1 unspecified atom stereocenters. The molecule has 0 aromatic heterocycles. The summed E-state index contributed by atoms with van der Waals surface area (Å²) in [5, 5.41) is 6.23. The van der Waals surface area contributed by atoms with Crippen LogP contribution in [0.3, 0.4) is 0 Å². The van der Waals surface area contributed by atoms with Gasteiger partial charge in [-0.1, -0.05) is 72.8 Å². The molecular weight excluding hydrogens is 330 g/mol. The molecule has 0 aliphatic carbocycles. The lowest BCUT2D eigenvalue weighted by Crippen LogP contribution is -2.18. The van der Waals surface area contributed by atoms with Crippen LogP contribution < -0.4 is 10.1 Å². The van der Waals surface area contributed by atoms with Gasteiger partial charge in [-0.15, -0.1) is 0 Å². The van der Waals surface area contributed by atoms with Crippen molar-refractivity contribution in [1.82, 2.24) is 5.32 Å². The number of rotatable bonds is 6. The molecule has 134 valence electrons. The lowest BCUT2D eigenvalue weighted by Gasteiger charge is -2.17. The maximum absolute atomic E-state index is 5.86. The number of benzene rings is 4. The van der Waals surface area contributed by atoms with Gasteiger partial charge in [0.05, 0.1) is 0 Å². The van der Waals surface area contributed by atoms with Crippen LogP contribution in [-0.4, -0.2) is 0 Å². The highest BCUT2D eigenvalue weighted by Gasteiger charge is 2.08. The summed E-state index contributed by atoms with van der Waals surface area (Å²) in [6.45, 7) is 3.03. The van der Waals surface area contributed by atoms with E-state index in [1.54, 1.807) is 0 Å². The Kier molecular flexibility index (Phi) is 5.17. The zero-order valence-electron chi connectivity index (χ0n) is 15.4. The van der Waals surface area contributed by atoms with Crippen molar-refractivity contribution >= 4 is 10.8 Å². The first-order chi connectivity index (χ1) is 13.3. The molecule has 0 bridgehead atoms. The summed E-state index contributed by atoms with van der Waals surface area (Å²) in [5.74, 6) is 1.71. The number of hydrogen-bond acceptors (Lipinski definition) is 2. The second-order valence-corrected chi connectivity index (χ2v) is 6.73. The SMILES string of the molecule is CC(NCc1ccc(Oc2ccccc2)cc1)c1cccc2ccccc12. The van der Waals surface area contributed by atoms with Gasteiger partial charge < -0.3 is 10.1 Å². The van der Waals surface area contributed by atoms with Gasteiger partial charge in [-0.25, -0.2) is 0 Å². The fraction of sp³-hybridized carbons (Fsp3) is 0.120. The molecule has 2 nitrogen and oxygen atoms in total. The first-order valence-electron chi connectivity index (χ1n) is 9.32. The van der Waals surface area contributed by atoms with Gasteiger partial charge in [-0.2, -0.15) is 0 Å². The van der Waals surface area contributed by atoms with E-state index >= 15 is 0 Å². The molecule has 4 rings (SSSR count). The van der Waals surface area contributed by atoms with Gasteiger partial charge in [0.1, 0.15) is 11.5 Å². The highest BCUT2D eigenvalue weighted by atomic mass is 16.5. The average molecular weight is 353 g/mol. The topological polar surface area (TPSA) is 21.3 Å². The molecule has 0 heterocycles. The van der Waals surface area contributed by atoms with Gasteiger partial charge in [0.2, 0.25) is 0 Å². The summed E-state index contributed by atoms with van der Waals surface area (Å²) in [6.07, 6.45) is 0. The Labute approximate surface area is 160 Å². The molecule has 0 aliphatic heterocycles. The molecule has 0 fully saturated rings. The summed E-state index contributed by atoms with van der Waals surface area (Å²) in [7, 11) is 0. The Bertz CT molecular complexity index is 1000. The minimum absolute atomic E-state index is 0.274. The first kappa shape index (κ1) is 17.3. The highest BCUT2D eigenvalue weighted by molar-refractivity contribution is 5.86. The smallest absolute Gasteiger partial charge is 0.127 e. The maximum Gasteiger partial charge on any atom is 0.127 e. The minimum Gasteiger partial charge on any atom is -0.457 e. The van der Waals surface area contributed by atoms with Crippen LogP contribution in [0, 0.1) is 0 Å². The normalized spacial score (nSPS) is 12.0. The van der Waals surface area contributed by atoms with E-state index in [1.807, 2.05) is 42.5 Å². The third kappa shape index (κ3) is 4.18. The van der Waals surface area contributed by atoms with Gasteiger partial charge in [0, 0.05) is 12.6 Å². The molecule has 1 N–H and O–H groups in total. The summed E-state index contributed by atoms with van der Waals surface area (Å²) in [6, 6.07) is 33.4. The molecule has 2 heteroatoms. The predicted octanol–water partition coefficient (Wildman–Crippen LogP) is 6.48. The Morgan fingerprint density at radius 3 is 2.19 bits per heavy atom. The molecule has 0 aliphatic rings. The minimum atomic E-state index is 0.274. The van der Waals surface area contributed by atoms with Crippen molar-refractivity contribution in [3.8, 4) is 11.5 Å². The van der Waals surface area contributed by atoms with Crippen LogP contribution in [0.1, 0.15) is 24.1 Å². The van der Waals surface area contributed by atoms with Crippen molar-refractivity contribution in [2.45, 2.75) is 19.5 Å². The predicted molar refractivity (Wildman–Crippen MR) is 112 cm³/mol. The number of nitrogens with one attached hydrogen (secondary N) is 1. The van der Waals surface area contributed by atoms with E-state index in [1.165, 1.54) is 21.9 Å². The van der Waals surface area contributed by atoms with E-state index in [0.29, 0.717) is 0 Å². The Hall–Kier alpha value is -3.10. The van der Waals surface area contributed by atoms with Crippen molar-refractivity contribution in [2.75, 3.05) is 0 Å². The van der Waals surface area contributed by atoms with Gasteiger partial charge in [-0.05, 0) is 53.1 Å². The van der Waals surface area contributed by atoms with E-state index < -0.39 is 0 Å². The third-order valence-corrected chi connectivity index (χ3v) is 4.80. The quantitative estimate of drug-likeness (QED) is 0.428. The van der Waals surface area contributed by atoms with Crippen molar-refractivity contribution in [2.24, 2.45) is 0 Å². The lowest BCUT2D eigenvalue weighted by atomic mass is 9.99. The number of hydrogen-bond donors (Lipinski definition) is 1. The standard InChI is InChI=1S/C25H23NO/c1-19(24-13-7-9-21-8-5-6-12-25(21)24)26-18-20-14-16-23(17-15-20)27-22-10-3-2-4-11-22/h2-17,19,26H,18H2,1H3. The number of para-hydroxylation sites is 1. The number of ether oxygens (including phenoxy) is 1. The Morgan fingerprint density at radius 1 is 0.704 bits per heavy atom. The van der Waals surface area contributed by atoms with Crippen LogP contribution >= 0.6 is 0 Å². The third-order valence-electron chi connectivity index (χ3n) is 4.80. The van der Waals surface area contributed by atoms with Gasteiger partial charge in [0.25, 0.3) is 0 Å².